The van der Waals surface area contributed by atoms with Crippen LogP contribution in [0.5, 0.6) is 0 Å². The first-order valence-corrected chi connectivity index (χ1v) is 16.5. The smallest absolute Gasteiger partial charge is 0.261 e. The number of ether oxygens (including phenoxy) is 2. The predicted molar refractivity (Wildman–Crippen MR) is 166 cm³/mol. The Kier molecular flexibility index (Phi) is 11.6. The second kappa shape index (κ2) is 14.2. The molecule has 0 bridgehead atoms. The zero-order valence-corrected chi connectivity index (χ0v) is 26.7. The van der Waals surface area contributed by atoms with Crippen molar-refractivity contribution in [2.24, 2.45) is 0 Å². The van der Waals surface area contributed by atoms with Crippen LogP contribution >= 0.6 is 31.9 Å². The molecule has 0 radical (unpaired) electrons. The molecule has 1 heterocycles. The van der Waals surface area contributed by atoms with E-state index in [9.17, 15) is 0 Å². The molecule has 0 aromatic heterocycles. The number of unbranched alkanes of at least 4 members (excludes halogenated alkanes) is 1. The summed E-state index contributed by atoms with van der Waals surface area (Å²) in [6.07, 6.45) is 7.92. The minimum Gasteiger partial charge on any atom is -0.407 e. The lowest BCUT2D eigenvalue weighted by Gasteiger charge is -2.43. The number of rotatable bonds is 12. The molecule has 1 aliphatic rings. The summed E-state index contributed by atoms with van der Waals surface area (Å²) in [5.41, 5.74) is 2.30. The lowest BCUT2D eigenvalue weighted by molar-refractivity contribution is -0.00820. The number of hydrogen-bond acceptors (Lipinski definition) is 3. The van der Waals surface area contributed by atoms with Gasteiger partial charge in [-0.15, -0.1) is 0 Å². The van der Waals surface area contributed by atoms with E-state index in [1.165, 1.54) is 15.9 Å². The molecule has 2 unspecified atom stereocenters. The van der Waals surface area contributed by atoms with E-state index < -0.39 is 8.32 Å². The maximum absolute atomic E-state index is 7.04. The molecule has 0 N–H and O–H groups in total. The van der Waals surface area contributed by atoms with Gasteiger partial charge >= 0.3 is 0 Å². The minimum atomic E-state index is -2.49. The van der Waals surface area contributed by atoms with Gasteiger partial charge in [0.2, 0.25) is 0 Å². The van der Waals surface area contributed by atoms with E-state index in [2.05, 4.69) is 132 Å². The Hall–Kier alpha value is -1.28. The Morgan fingerprint density at radius 1 is 1.03 bits per heavy atom. The van der Waals surface area contributed by atoms with Gasteiger partial charge in [0.25, 0.3) is 8.32 Å². The molecule has 0 saturated heterocycles. The summed E-state index contributed by atoms with van der Waals surface area (Å²) in [7, 11) is -0.748. The number of methoxy groups -OCH3 is 1. The molecule has 2 atom stereocenters. The summed E-state index contributed by atoms with van der Waals surface area (Å²) >= 11 is 6.85. The summed E-state index contributed by atoms with van der Waals surface area (Å²) in [4.78, 5) is 0. The van der Waals surface area contributed by atoms with Gasteiger partial charge in [-0.2, -0.15) is 0 Å². The molecule has 2 aromatic rings. The van der Waals surface area contributed by atoms with Gasteiger partial charge in [0.05, 0.1) is 16.1 Å². The minimum absolute atomic E-state index is 0.00845. The van der Waals surface area contributed by atoms with Gasteiger partial charge in [-0.3, -0.25) is 0 Å². The molecule has 200 valence electrons. The molecule has 1 aliphatic heterocycles. The molecule has 0 aliphatic carbocycles. The van der Waals surface area contributed by atoms with Gasteiger partial charge in [0, 0.05) is 13.7 Å². The highest BCUT2D eigenvalue weighted by Gasteiger charge is 2.49. The zero-order chi connectivity index (χ0) is 26.9. The van der Waals surface area contributed by atoms with E-state index in [1.807, 2.05) is 0 Å². The maximum Gasteiger partial charge on any atom is 0.261 e. The van der Waals surface area contributed by atoms with Crippen LogP contribution in [0, 0.1) is 0 Å². The van der Waals surface area contributed by atoms with Crippen LogP contribution in [0.25, 0.3) is 0 Å². The molecule has 37 heavy (non-hydrogen) atoms. The highest BCUT2D eigenvalue weighted by Crippen LogP contribution is 2.37. The van der Waals surface area contributed by atoms with Crippen LogP contribution in [0.15, 0.2) is 93.9 Å². The van der Waals surface area contributed by atoms with Gasteiger partial charge in [0.15, 0.2) is 0 Å². The first kappa shape index (κ1) is 30.3. The first-order chi connectivity index (χ1) is 17.7. The molecule has 6 heteroatoms. The van der Waals surface area contributed by atoms with E-state index in [0.29, 0.717) is 6.61 Å². The van der Waals surface area contributed by atoms with E-state index >= 15 is 0 Å². The molecule has 3 rings (SSSR count). The second-order valence-corrected chi connectivity index (χ2v) is 17.6. The lowest BCUT2D eigenvalue weighted by Crippen LogP contribution is -2.66. The van der Waals surface area contributed by atoms with Crippen molar-refractivity contribution < 1.29 is 13.9 Å². The quantitative estimate of drug-likeness (QED) is 0.175. The van der Waals surface area contributed by atoms with Gasteiger partial charge in [-0.25, -0.2) is 0 Å². The normalized spacial score (nSPS) is 18.3. The zero-order valence-electron chi connectivity index (χ0n) is 22.5. The van der Waals surface area contributed by atoms with E-state index in [-0.39, 0.29) is 17.2 Å². The molecule has 0 saturated carbocycles. The molecular formula is C31H40Br2O3Si. The van der Waals surface area contributed by atoms with Crippen LogP contribution in [0.3, 0.4) is 0 Å². The topological polar surface area (TPSA) is 27.7 Å². The number of hydrogen-bond donors (Lipinski definition) is 0. The third-order valence-electron chi connectivity index (χ3n) is 6.98. The van der Waals surface area contributed by atoms with Crippen molar-refractivity contribution >= 4 is 50.6 Å². The number of halogens is 2. The summed E-state index contributed by atoms with van der Waals surface area (Å²) in [5.74, 6) is 0. The van der Waals surface area contributed by atoms with E-state index in [4.69, 9.17) is 13.9 Å². The maximum atomic E-state index is 7.04. The van der Waals surface area contributed by atoms with Crippen molar-refractivity contribution in [2.45, 2.75) is 63.7 Å². The fourth-order valence-electron chi connectivity index (χ4n) is 5.11. The van der Waals surface area contributed by atoms with Crippen LogP contribution in [0.2, 0.25) is 5.04 Å². The fourth-order valence-corrected chi connectivity index (χ4v) is 10.1. The van der Waals surface area contributed by atoms with Gasteiger partial charge in [0.1, 0.15) is 6.10 Å². The summed E-state index contributed by atoms with van der Waals surface area (Å²) < 4.78 is 19.6. The van der Waals surface area contributed by atoms with Gasteiger partial charge < -0.3 is 13.9 Å². The molecule has 0 amide bonds. The number of benzene rings is 2. The van der Waals surface area contributed by atoms with Crippen molar-refractivity contribution in [1.29, 1.82) is 0 Å². The summed E-state index contributed by atoms with van der Waals surface area (Å²) in [6.45, 7) is 12.7. The van der Waals surface area contributed by atoms with Crippen LogP contribution in [-0.2, 0) is 13.9 Å². The van der Waals surface area contributed by atoms with Crippen LogP contribution in [-0.4, -0.2) is 40.8 Å². The Balaban J connectivity index is 1.68. The molecular weight excluding hydrogens is 608 g/mol. The monoisotopic (exact) mass is 646 g/mol. The van der Waals surface area contributed by atoms with Crippen molar-refractivity contribution in [3.63, 3.8) is 0 Å². The van der Waals surface area contributed by atoms with Crippen LogP contribution < -0.4 is 10.4 Å². The average molecular weight is 649 g/mol. The Morgan fingerprint density at radius 2 is 1.62 bits per heavy atom. The largest absolute Gasteiger partial charge is 0.407 e. The summed E-state index contributed by atoms with van der Waals surface area (Å²) in [6, 6.07) is 21.7. The highest BCUT2D eigenvalue weighted by atomic mass is 79.9. The van der Waals surface area contributed by atoms with E-state index in [1.54, 1.807) is 7.11 Å². The van der Waals surface area contributed by atoms with Crippen LogP contribution in [0.4, 0.5) is 0 Å². The molecule has 0 spiro atoms. The Bertz CT molecular complexity index is 1020. The SMILES string of the molecule is C=C(CCCCO[Si](c1ccccc1)(c1ccccc1)C(C)(C)C)C1=CC(CC=C(Br)Br)OCC1OC. The van der Waals surface area contributed by atoms with Crippen molar-refractivity contribution in [1.82, 2.24) is 0 Å². The van der Waals surface area contributed by atoms with Crippen molar-refractivity contribution in [2.75, 3.05) is 20.3 Å². The fraction of sp³-hybridized carbons (Fsp3) is 0.419. The standard InChI is InChI=1S/C31H40Br2O3Si/c1-24(28-22-25(19-20-30(32)33)35-23-29(28)34-5)14-12-13-21-36-37(31(2,3)4,26-15-8-6-9-16-26)27-17-10-7-11-18-27/h6-11,15-18,20,22,25,29H,1,12-14,19,21,23H2,2-5H3. The lowest BCUT2D eigenvalue weighted by atomic mass is 9.93. The first-order valence-electron chi connectivity index (χ1n) is 13.0. The molecule has 3 nitrogen and oxygen atoms in total. The predicted octanol–water partition coefficient (Wildman–Crippen LogP) is 7.65. The van der Waals surface area contributed by atoms with Gasteiger partial charge in [-0.1, -0.05) is 94.1 Å². The third-order valence-corrected chi connectivity index (χ3v) is 12.7. The summed E-state index contributed by atoms with van der Waals surface area (Å²) in [5, 5.41) is 2.64. The van der Waals surface area contributed by atoms with Gasteiger partial charge in [-0.05, 0) is 90.2 Å². The Labute approximate surface area is 241 Å². The van der Waals surface area contributed by atoms with Crippen molar-refractivity contribution in [3.05, 3.63) is 93.9 Å². The molecule has 0 fully saturated rings. The van der Waals surface area contributed by atoms with Crippen molar-refractivity contribution in [3.8, 4) is 0 Å². The third kappa shape index (κ3) is 7.87. The average Bonchev–Trinajstić information content (AvgIpc) is 2.89. The Morgan fingerprint density at radius 3 is 2.14 bits per heavy atom. The second-order valence-electron chi connectivity index (χ2n) is 10.5. The highest BCUT2D eigenvalue weighted by molar-refractivity contribution is 9.28. The van der Waals surface area contributed by atoms with Crippen LogP contribution in [0.1, 0.15) is 46.5 Å². The molecule has 2 aromatic carbocycles. The van der Waals surface area contributed by atoms with E-state index in [0.717, 1.165) is 41.3 Å².